The molecule has 1 saturated carbocycles. The third kappa shape index (κ3) is 8.59. The van der Waals surface area contributed by atoms with E-state index in [0.29, 0.717) is 0 Å². The first-order chi connectivity index (χ1) is 26.3. The Balaban J connectivity index is 1.84. The van der Waals surface area contributed by atoms with Gasteiger partial charge in [0, 0.05) is 12.8 Å². The van der Waals surface area contributed by atoms with Crippen molar-refractivity contribution in [2.75, 3.05) is 64.0 Å². The van der Waals surface area contributed by atoms with Crippen molar-refractivity contribution in [3.05, 3.63) is 53.1 Å². The lowest BCUT2D eigenvalue weighted by molar-refractivity contribution is -0.188. The highest BCUT2D eigenvalue weighted by atomic mass is 16.6. The molecule has 0 aliphatic heterocycles. The number of carboxylic acid groups (broad SMARTS) is 1. The van der Waals surface area contributed by atoms with Crippen LogP contribution in [0.3, 0.4) is 0 Å². The summed E-state index contributed by atoms with van der Waals surface area (Å²) in [4.78, 5) is 54.0. The molecule has 3 aromatic carbocycles. The summed E-state index contributed by atoms with van der Waals surface area (Å²) in [5, 5.41) is 21.6. The molecule has 0 amide bonds. The molecule has 2 N–H and O–H groups in total. The van der Waals surface area contributed by atoms with Gasteiger partial charge in [0.15, 0.2) is 46.2 Å². The van der Waals surface area contributed by atoms with Gasteiger partial charge in [-0.25, -0.2) is 19.2 Å². The highest BCUT2D eigenvalue weighted by Crippen LogP contribution is 2.42. The number of benzene rings is 3. The molecule has 3 aromatic rings. The molecule has 4 rings (SSSR count). The molecule has 1 aliphatic rings. The first-order valence-electron chi connectivity index (χ1n) is 16.2. The molecule has 1 fully saturated rings. The summed E-state index contributed by atoms with van der Waals surface area (Å²) in [6.07, 6.45) is -6.81. The molecule has 298 valence electrons. The number of hydrogen-bond donors (Lipinski definition) is 2. The normalized spacial score (nSPS) is 18.8. The van der Waals surface area contributed by atoms with E-state index in [-0.39, 0.29) is 68.4 Å². The largest absolute Gasteiger partial charge is 0.493 e. The first-order valence-corrected chi connectivity index (χ1v) is 16.2. The molecule has 1 aliphatic carbocycles. The maximum Gasteiger partial charge on any atom is 0.338 e. The lowest BCUT2D eigenvalue weighted by Gasteiger charge is -2.42. The SMILES string of the molecule is COc1cc(C(=O)OC2[C@H](OC(=O)c3cc(OC)c(OC)c(OC)c3)CC(O)(C(=O)O)C[C@H]2OC(=O)c2cc(OC)c(OC)c(OC)c2)cc(OC)c1OC. The smallest absolute Gasteiger partial charge is 0.338 e. The van der Waals surface area contributed by atoms with Crippen LogP contribution in [-0.4, -0.2) is 122 Å². The Morgan fingerprint density at radius 3 is 0.945 bits per heavy atom. The van der Waals surface area contributed by atoms with Crippen LogP contribution < -0.4 is 42.6 Å². The van der Waals surface area contributed by atoms with Crippen molar-refractivity contribution < 1.29 is 86.2 Å². The monoisotopic (exact) mass is 774 g/mol. The number of carbonyl (C=O) groups excluding carboxylic acids is 3. The number of carboxylic acids is 1. The van der Waals surface area contributed by atoms with Crippen molar-refractivity contribution >= 4 is 23.9 Å². The predicted molar refractivity (Wildman–Crippen MR) is 188 cm³/mol. The molecular weight excluding hydrogens is 732 g/mol. The Hall–Kier alpha value is -6.30. The molecule has 0 spiro atoms. The summed E-state index contributed by atoms with van der Waals surface area (Å²) >= 11 is 0. The Morgan fingerprint density at radius 1 is 0.473 bits per heavy atom. The highest BCUT2D eigenvalue weighted by Gasteiger charge is 2.55. The third-order valence-electron chi connectivity index (χ3n) is 8.67. The number of rotatable bonds is 16. The van der Waals surface area contributed by atoms with Gasteiger partial charge in [0.05, 0.1) is 80.7 Å². The van der Waals surface area contributed by atoms with Crippen LogP contribution in [0.25, 0.3) is 0 Å². The third-order valence-corrected chi connectivity index (χ3v) is 8.67. The van der Waals surface area contributed by atoms with Crippen LogP contribution >= 0.6 is 0 Å². The van der Waals surface area contributed by atoms with Crippen molar-refractivity contribution in [1.29, 1.82) is 0 Å². The van der Waals surface area contributed by atoms with E-state index in [1.54, 1.807) is 0 Å². The minimum absolute atomic E-state index is 0.0852. The minimum Gasteiger partial charge on any atom is -0.493 e. The second-order valence-electron chi connectivity index (χ2n) is 11.7. The lowest BCUT2D eigenvalue weighted by atomic mass is 9.79. The molecule has 18 heteroatoms. The molecule has 0 saturated heterocycles. The summed E-state index contributed by atoms with van der Waals surface area (Å²) in [6.45, 7) is 0. The standard InChI is InChI=1S/C37H42O18/c1-44-21-10-18(11-22(45-2)29(21)50-7)33(38)53-27-16-37(43,36(41)42)17-28(54-34(39)19-12-23(46-3)30(51-8)24(13-19)47-4)32(27)55-35(40)20-14-25(48-5)31(52-9)26(15-20)49-6/h10-15,27-28,32,43H,16-17H2,1-9H3,(H,41,42)/t27-,28-,32?,37?/m1/s1. The van der Waals surface area contributed by atoms with E-state index in [1.807, 2.05) is 0 Å². The fraction of sp³-hybridized carbons (Fsp3) is 0.405. The number of methoxy groups -OCH3 is 9. The fourth-order valence-corrected chi connectivity index (χ4v) is 5.96. The van der Waals surface area contributed by atoms with E-state index < -0.39 is 60.6 Å². The molecular formula is C37H42O18. The van der Waals surface area contributed by atoms with E-state index >= 15 is 0 Å². The van der Waals surface area contributed by atoms with E-state index in [4.69, 9.17) is 56.8 Å². The first kappa shape index (κ1) is 41.5. The van der Waals surface area contributed by atoms with E-state index in [0.717, 1.165) is 0 Å². The van der Waals surface area contributed by atoms with Crippen LogP contribution in [0.2, 0.25) is 0 Å². The van der Waals surface area contributed by atoms with Gasteiger partial charge in [-0.3, -0.25) is 0 Å². The highest BCUT2D eigenvalue weighted by molar-refractivity contribution is 5.93. The van der Waals surface area contributed by atoms with Gasteiger partial charge in [0.1, 0.15) is 12.2 Å². The van der Waals surface area contributed by atoms with Gasteiger partial charge in [-0.1, -0.05) is 0 Å². The van der Waals surface area contributed by atoms with Gasteiger partial charge in [-0.2, -0.15) is 0 Å². The Morgan fingerprint density at radius 2 is 0.727 bits per heavy atom. The van der Waals surface area contributed by atoms with E-state index in [2.05, 4.69) is 0 Å². The van der Waals surface area contributed by atoms with Crippen molar-refractivity contribution in [2.45, 2.75) is 36.8 Å². The van der Waals surface area contributed by atoms with Crippen LogP contribution in [0.5, 0.6) is 51.7 Å². The zero-order chi connectivity index (χ0) is 40.6. The maximum atomic E-state index is 13.9. The zero-order valence-corrected chi connectivity index (χ0v) is 31.5. The molecule has 0 aromatic heterocycles. The molecule has 0 heterocycles. The molecule has 0 unspecified atom stereocenters. The molecule has 55 heavy (non-hydrogen) atoms. The van der Waals surface area contributed by atoms with E-state index in [1.165, 1.54) is 100 Å². The molecule has 0 radical (unpaired) electrons. The minimum atomic E-state index is -2.66. The van der Waals surface area contributed by atoms with Crippen LogP contribution in [0.1, 0.15) is 43.9 Å². The van der Waals surface area contributed by atoms with Gasteiger partial charge < -0.3 is 67.1 Å². The van der Waals surface area contributed by atoms with E-state index in [9.17, 15) is 29.4 Å². The second kappa shape index (κ2) is 17.7. The van der Waals surface area contributed by atoms with Crippen molar-refractivity contribution in [3.63, 3.8) is 0 Å². The van der Waals surface area contributed by atoms with Crippen molar-refractivity contribution in [3.8, 4) is 51.7 Å². The second-order valence-corrected chi connectivity index (χ2v) is 11.7. The van der Waals surface area contributed by atoms with Gasteiger partial charge >= 0.3 is 23.9 Å². The average molecular weight is 775 g/mol. The quantitative estimate of drug-likeness (QED) is 0.157. The number of hydrogen-bond acceptors (Lipinski definition) is 17. The Bertz CT molecular complexity index is 1740. The number of carbonyl (C=O) groups is 4. The zero-order valence-electron chi connectivity index (χ0n) is 31.5. The number of aliphatic carboxylic acids is 1. The van der Waals surface area contributed by atoms with Gasteiger partial charge in [0.25, 0.3) is 0 Å². The van der Waals surface area contributed by atoms with Crippen LogP contribution in [0.4, 0.5) is 0 Å². The molecule has 0 bridgehead atoms. The summed E-state index contributed by atoms with van der Waals surface area (Å²) in [7, 11) is 12.1. The summed E-state index contributed by atoms with van der Waals surface area (Å²) < 4.78 is 65.5. The molecule has 18 nitrogen and oxygen atoms in total. The summed E-state index contributed by atoms with van der Waals surface area (Å²) in [5.41, 5.74) is -3.10. The topological polar surface area (TPSA) is 219 Å². The van der Waals surface area contributed by atoms with Crippen LogP contribution in [0, 0.1) is 0 Å². The summed E-state index contributed by atoms with van der Waals surface area (Å²) in [5.74, 6) is -3.94. The van der Waals surface area contributed by atoms with Gasteiger partial charge in [-0.05, 0) is 36.4 Å². The fourth-order valence-electron chi connectivity index (χ4n) is 5.96. The Kier molecular flexibility index (Phi) is 13.3. The average Bonchev–Trinajstić information content (AvgIpc) is 3.19. The number of ether oxygens (including phenoxy) is 12. The maximum absolute atomic E-state index is 13.9. The van der Waals surface area contributed by atoms with Crippen LogP contribution in [0.15, 0.2) is 36.4 Å². The Labute approximate surface area is 315 Å². The number of aliphatic hydroxyl groups is 1. The molecule has 2 atom stereocenters. The van der Waals surface area contributed by atoms with Gasteiger partial charge in [-0.15, -0.1) is 0 Å². The van der Waals surface area contributed by atoms with Crippen molar-refractivity contribution in [2.24, 2.45) is 0 Å². The predicted octanol–water partition coefficient (Wildman–Crippen LogP) is 3.35. The number of esters is 3. The van der Waals surface area contributed by atoms with Crippen LogP contribution in [-0.2, 0) is 19.0 Å². The summed E-state index contributed by atoms with van der Waals surface area (Å²) in [6, 6.07) is 7.66. The lowest BCUT2D eigenvalue weighted by Crippen LogP contribution is -2.59. The van der Waals surface area contributed by atoms with Crippen molar-refractivity contribution in [1.82, 2.24) is 0 Å². The van der Waals surface area contributed by atoms with Gasteiger partial charge in [0.2, 0.25) is 17.2 Å².